The molecule has 0 aliphatic carbocycles. The van der Waals surface area contributed by atoms with E-state index in [1.807, 2.05) is 23.1 Å². The van der Waals surface area contributed by atoms with Gasteiger partial charge < -0.3 is 9.47 Å². The third kappa shape index (κ3) is 3.39. The first-order chi connectivity index (χ1) is 12.7. The average Bonchev–Trinajstić information content (AvgIpc) is 3.24. The third-order valence-electron chi connectivity index (χ3n) is 5.04. The van der Waals surface area contributed by atoms with Gasteiger partial charge in [-0.25, -0.2) is 0 Å². The van der Waals surface area contributed by atoms with Crippen LogP contribution in [-0.4, -0.2) is 46.5 Å². The van der Waals surface area contributed by atoms with Crippen molar-refractivity contribution in [2.45, 2.75) is 20.0 Å². The molecule has 0 atom stereocenters. The molecule has 136 valence electrons. The van der Waals surface area contributed by atoms with Crippen LogP contribution in [0, 0.1) is 0 Å². The maximum atomic E-state index is 13.0. The van der Waals surface area contributed by atoms with Gasteiger partial charge in [-0.2, -0.15) is 0 Å². The summed E-state index contributed by atoms with van der Waals surface area (Å²) in [6.07, 6.45) is 0. The van der Waals surface area contributed by atoms with Gasteiger partial charge in [-0.1, -0.05) is 23.7 Å². The molecular formula is C20H22ClN3OS. The molecule has 3 aromatic rings. The van der Waals surface area contributed by atoms with Crippen molar-refractivity contribution in [3.05, 3.63) is 58.1 Å². The van der Waals surface area contributed by atoms with Crippen LogP contribution in [0.4, 0.5) is 0 Å². The number of amides is 1. The van der Waals surface area contributed by atoms with Gasteiger partial charge in [0.25, 0.3) is 5.91 Å². The molecule has 1 saturated heterocycles. The van der Waals surface area contributed by atoms with Crippen LogP contribution in [0.25, 0.3) is 10.2 Å². The van der Waals surface area contributed by atoms with E-state index in [-0.39, 0.29) is 5.91 Å². The fourth-order valence-corrected chi connectivity index (χ4v) is 4.56. The summed E-state index contributed by atoms with van der Waals surface area (Å²) < 4.78 is 3.32. The van der Waals surface area contributed by atoms with Crippen LogP contribution in [0.5, 0.6) is 0 Å². The lowest BCUT2D eigenvalue weighted by Gasteiger charge is -2.34. The van der Waals surface area contributed by atoms with E-state index in [4.69, 9.17) is 11.6 Å². The minimum absolute atomic E-state index is 0.154. The van der Waals surface area contributed by atoms with Gasteiger partial charge >= 0.3 is 0 Å². The van der Waals surface area contributed by atoms with E-state index in [0.717, 1.165) is 50.0 Å². The highest BCUT2D eigenvalue weighted by molar-refractivity contribution is 7.17. The monoisotopic (exact) mass is 387 g/mol. The van der Waals surface area contributed by atoms with Crippen molar-refractivity contribution in [3.8, 4) is 0 Å². The minimum atomic E-state index is 0.154. The molecule has 0 N–H and O–H groups in total. The first-order valence-corrected chi connectivity index (χ1v) is 10.2. The molecule has 26 heavy (non-hydrogen) atoms. The number of aromatic nitrogens is 1. The van der Waals surface area contributed by atoms with Crippen LogP contribution in [0.3, 0.4) is 0 Å². The SMILES string of the molecule is CCn1c(C(=O)N2CCN(Cc3ccc(Cl)cc3)CC2)cc2sccc21. The molecule has 0 bridgehead atoms. The number of halogens is 1. The highest BCUT2D eigenvalue weighted by Crippen LogP contribution is 2.26. The number of piperazine rings is 1. The Morgan fingerprint density at radius 2 is 1.85 bits per heavy atom. The zero-order valence-corrected chi connectivity index (χ0v) is 16.4. The zero-order valence-electron chi connectivity index (χ0n) is 14.8. The third-order valence-corrected chi connectivity index (χ3v) is 6.14. The fraction of sp³-hybridized carbons (Fsp3) is 0.350. The molecule has 0 spiro atoms. The number of fused-ring (bicyclic) bond motifs is 1. The Morgan fingerprint density at radius 1 is 1.12 bits per heavy atom. The summed E-state index contributed by atoms with van der Waals surface area (Å²) in [6.45, 7) is 7.16. The number of hydrogen-bond acceptors (Lipinski definition) is 3. The van der Waals surface area contributed by atoms with E-state index in [9.17, 15) is 4.79 Å². The van der Waals surface area contributed by atoms with Gasteiger partial charge in [-0.15, -0.1) is 11.3 Å². The summed E-state index contributed by atoms with van der Waals surface area (Å²) in [5.41, 5.74) is 3.25. The summed E-state index contributed by atoms with van der Waals surface area (Å²) in [5, 5.41) is 2.85. The van der Waals surface area contributed by atoms with Crippen LogP contribution in [0.15, 0.2) is 41.8 Å². The fourth-order valence-electron chi connectivity index (χ4n) is 3.61. The molecule has 3 heterocycles. The van der Waals surface area contributed by atoms with Gasteiger partial charge in [-0.3, -0.25) is 9.69 Å². The number of benzene rings is 1. The van der Waals surface area contributed by atoms with E-state index < -0.39 is 0 Å². The van der Waals surface area contributed by atoms with Crippen molar-refractivity contribution in [1.29, 1.82) is 0 Å². The van der Waals surface area contributed by atoms with Gasteiger partial charge in [-0.05, 0) is 42.1 Å². The number of carbonyl (C=O) groups is 1. The normalized spacial score (nSPS) is 15.7. The summed E-state index contributed by atoms with van der Waals surface area (Å²) in [5.74, 6) is 0.154. The Balaban J connectivity index is 1.41. The van der Waals surface area contributed by atoms with Crippen molar-refractivity contribution in [2.24, 2.45) is 0 Å². The lowest BCUT2D eigenvalue weighted by Crippen LogP contribution is -2.48. The van der Waals surface area contributed by atoms with Gasteiger partial charge in [0, 0.05) is 44.3 Å². The molecule has 1 fully saturated rings. The van der Waals surface area contributed by atoms with Gasteiger partial charge in [0.2, 0.25) is 0 Å². The first kappa shape index (κ1) is 17.6. The topological polar surface area (TPSA) is 28.5 Å². The van der Waals surface area contributed by atoms with E-state index in [1.165, 1.54) is 15.8 Å². The van der Waals surface area contributed by atoms with Crippen LogP contribution >= 0.6 is 22.9 Å². The quantitative estimate of drug-likeness (QED) is 0.666. The molecule has 1 aliphatic rings. The maximum Gasteiger partial charge on any atom is 0.270 e. The van der Waals surface area contributed by atoms with Gasteiger partial charge in [0.15, 0.2) is 0 Å². The first-order valence-electron chi connectivity index (χ1n) is 8.98. The number of rotatable bonds is 4. The largest absolute Gasteiger partial charge is 0.336 e. The Kier molecular flexibility index (Phi) is 5.02. The predicted octanol–water partition coefficient (Wildman–Crippen LogP) is 4.33. The summed E-state index contributed by atoms with van der Waals surface area (Å²) >= 11 is 7.65. The highest BCUT2D eigenvalue weighted by atomic mass is 35.5. The van der Waals surface area contributed by atoms with E-state index in [1.54, 1.807) is 11.3 Å². The number of thiophene rings is 1. The van der Waals surface area contributed by atoms with Crippen molar-refractivity contribution < 1.29 is 4.79 Å². The molecule has 0 radical (unpaired) electrons. The number of hydrogen-bond donors (Lipinski definition) is 0. The molecule has 4 rings (SSSR count). The Morgan fingerprint density at radius 3 is 2.54 bits per heavy atom. The summed E-state index contributed by atoms with van der Waals surface area (Å²) in [4.78, 5) is 17.4. The average molecular weight is 388 g/mol. The molecule has 1 amide bonds. The molecule has 1 aliphatic heterocycles. The molecular weight excluding hydrogens is 366 g/mol. The second-order valence-electron chi connectivity index (χ2n) is 6.64. The van der Waals surface area contributed by atoms with Crippen molar-refractivity contribution >= 4 is 39.1 Å². The maximum absolute atomic E-state index is 13.0. The van der Waals surface area contributed by atoms with Crippen LogP contribution in [-0.2, 0) is 13.1 Å². The van der Waals surface area contributed by atoms with Crippen molar-refractivity contribution in [1.82, 2.24) is 14.4 Å². The van der Waals surface area contributed by atoms with Crippen molar-refractivity contribution in [3.63, 3.8) is 0 Å². The Labute approximate surface area is 162 Å². The summed E-state index contributed by atoms with van der Waals surface area (Å²) in [6, 6.07) is 12.2. The predicted molar refractivity (Wildman–Crippen MR) is 108 cm³/mol. The van der Waals surface area contributed by atoms with Crippen molar-refractivity contribution in [2.75, 3.05) is 26.2 Å². The number of aryl methyl sites for hydroxylation is 1. The Hall–Kier alpha value is -1.82. The molecule has 4 nitrogen and oxygen atoms in total. The highest BCUT2D eigenvalue weighted by Gasteiger charge is 2.25. The molecule has 2 aromatic heterocycles. The lowest BCUT2D eigenvalue weighted by atomic mass is 10.2. The van der Waals surface area contributed by atoms with E-state index in [0.29, 0.717) is 0 Å². The smallest absolute Gasteiger partial charge is 0.270 e. The number of nitrogens with zero attached hydrogens (tertiary/aromatic N) is 3. The van der Waals surface area contributed by atoms with Crippen LogP contribution in [0.1, 0.15) is 23.0 Å². The second kappa shape index (κ2) is 7.43. The zero-order chi connectivity index (χ0) is 18.1. The molecule has 6 heteroatoms. The van der Waals surface area contributed by atoms with Gasteiger partial charge in [0.05, 0.1) is 10.2 Å². The molecule has 1 aromatic carbocycles. The molecule has 0 unspecified atom stereocenters. The minimum Gasteiger partial charge on any atom is -0.336 e. The lowest BCUT2D eigenvalue weighted by molar-refractivity contribution is 0.0618. The molecule has 0 saturated carbocycles. The van der Waals surface area contributed by atoms with Crippen LogP contribution < -0.4 is 0 Å². The second-order valence-corrected chi connectivity index (χ2v) is 8.02. The standard InChI is InChI=1S/C20H22ClN3OS/c1-2-24-17-7-12-26-19(17)13-18(24)20(25)23-10-8-22(9-11-23)14-15-3-5-16(21)6-4-15/h3-7,12-13H,2,8-11,14H2,1H3. The van der Waals surface area contributed by atoms with E-state index >= 15 is 0 Å². The Bertz CT molecular complexity index is 907. The van der Waals surface area contributed by atoms with Gasteiger partial charge in [0.1, 0.15) is 5.69 Å². The number of carbonyl (C=O) groups excluding carboxylic acids is 1. The summed E-state index contributed by atoms with van der Waals surface area (Å²) in [7, 11) is 0. The van der Waals surface area contributed by atoms with Crippen LogP contribution in [0.2, 0.25) is 5.02 Å². The van der Waals surface area contributed by atoms with E-state index in [2.05, 4.69) is 40.0 Å².